The van der Waals surface area contributed by atoms with Gasteiger partial charge in [0.2, 0.25) is 0 Å². The van der Waals surface area contributed by atoms with E-state index in [1.54, 1.807) is 0 Å². The number of carbonyl (C=O) groups excluding carboxylic acids is 1. The van der Waals surface area contributed by atoms with E-state index < -0.39 is 5.41 Å². The maximum atomic E-state index is 12.2. The van der Waals surface area contributed by atoms with E-state index in [0.29, 0.717) is 18.3 Å². The molecule has 1 aromatic rings. The predicted octanol–water partition coefficient (Wildman–Crippen LogP) is 2.45. The molecule has 0 amide bonds. The van der Waals surface area contributed by atoms with Crippen LogP contribution in [0.2, 0.25) is 0 Å². The number of esters is 1. The molecule has 2 fully saturated rings. The number of H-pyrrole nitrogens is 1. The quantitative estimate of drug-likeness (QED) is 0.847. The molecule has 5 heteroatoms. The maximum Gasteiger partial charge on any atom is 0.319 e. The van der Waals surface area contributed by atoms with Crippen LogP contribution in [0.5, 0.6) is 0 Å². The molecular formula is C14H21N3O2. The van der Waals surface area contributed by atoms with Gasteiger partial charge >= 0.3 is 5.97 Å². The van der Waals surface area contributed by atoms with Gasteiger partial charge in [-0.05, 0) is 32.6 Å². The highest BCUT2D eigenvalue weighted by Gasteiger charge is 2.50. The molecule has 19 heavy (non-hydrogen) atoms. The second kappa shape index (κ2) is 4.94. The lowest BCUT2D eigenvalue weighted by atomic mass is 9.68. The van der Waals surface area contributed by atoms with Crippen LogP contribution in [0.3, 0.4) is 0 Å². The van der Waals surface area contributed by atoms with Crippen molar-refractivity contribution in [1.82, 2.24) is 15.2 Å². The zero-order valence-electron chi connectivity index (χ0n) is 11.4. The molecule has 0 bridgehead atoms. The third kappa shape index (κ3) is 2.05. The van der Waals surface area contributed by atoms with Crippen LogP contribution in [0.25, 0.3) is 0 Å². The third-order valence-electron chi connectivity index (χ3n) is 4.55. The minimum atomic E-state index is -0.566. The third-order valence-corrected chi connectivity index (χ3v) is 4.55. The second-order valence-corrected chi connectivity index (χ2v) is 5.68. The number of carbonyl (C=O) groups is 1. The first-order chi connectivity index (χ1) is 9.26. The van der Waals surface area contributed by atoms with Crippen LogP contribution in [0.15, 0.2) is 0 Å². The smallest absolute Gasteiger partial charge is 0.319 e. The monoisotopic (exact) mass is 263 g/mol. The fourth-order valence-corrected chi connectivity index (χ4v) is 3.19. The Hall–Kier alpha value is -1.39. The van der Waals surface area contributed by atoms with Crippen molar-refractivity contribution in [3.63, 3.8) is 0 Å². The average Bonchev–Trinajstić information content (AvgIpc) is 2.97. The number of aromatic amines is 1. The van der Waals surface area contributed by atoms with Gasteiger partial charge in [-0.2, -0.15) is 5.10 Å². The van der Waals surface area contributed by atoms with Gasteiger partial charge in [0, 0.05) is 5.92 Å². The summed E-state index contributed by atoms with van der Waals surface area (Å²) in [6.07, 6.45) is 7.57. The zero-order valence-corrected chi connectivity index (χ0v) is 11.4. The number of nitrogens with zero attached hydrogens (tertiary/aromatic N) is 2. The van der Waals surface area contributed by atoms with E-state index in [1.165, 1.54) is 25.7 Å². The highest BCUT2D eigenvalue weighted by Crippen LogP contribution is 2.44. The topological polar surface area (TPSA) is 67.9 Å². The van der Waals surface area contributed by atoms with Crippen molar-refractivity contribution in [2.24, 2.45) is 0 Å². The van der Waals surface area contributed by atoms with Gasteiger partial charge in [-0.25, -0.2) is 4.98 Å². The summed E-state index contributed by atoms with van der Waals surface area (Å²) in [5.74, 6) is 1.96. The molecule has 3 rings (SSSR count). The Morgan fingerprint density at radius 3 is 2.68 bits per heavy atom. The Bertz CT molecular complexity index is 459. The Balaban J connectivity index is 1.82. The summed E-state index contributed by atoms with van der Waals surface area (Å²) in [5.41, 5.74) is -0.566. The molecule has 5 nitrogen and oxygen atoms in total. The maximum absolute atomic E-state index is 12.2. The molecule has 2 aliphatic rings. The van der Waals surface area contributed by atoms with Gasteiger partial charge in [-0.1, -0.05) is 19.3 Å². The van der Waals surface area contributed by atoms with Gasteiger partial charge in [-0.3, -0.25) is 9.89 Å². The Morgan fingerprint density at radius 1 is 1.37 bits per heavy atom. The van der Waals surface area contributed by atoms with Gasteiger partial charge in [0.05, 0.1) is 6.61 Å². The molecule has 1 N–H and O–H groups in total. The molecule has 0 spiro atoms. The van der Waals surface area contributed by atoms with Crippen molar-refractivity contribution in [1.29, 1.82) is 0 Å². The van der Waals surface area contributed by atoms with Gasteiger partial charge in [0.1, 0.15) is 11.2 Å². The van der Waals surface area contributed by atoms with E-state index in [0.717, 1.165) is 25.1 Å². The summed E-state index contributed by atoms with van der Waals surface area (Å²) in [6, 6.07) is 0. The molecule has 0 unspecified atom stereocenters. The fourth-order valence-electron chi connectivity index (χ4n) is 3.19. The first kappa shape index (κ1) is 12.6. The zero-order chi connectivity index (χ0) is 13.3. The van der Waals surface area contributed by atoms with Gasteiger partial charge in [-0.15, -0.1) is 0 Å². The Morgan fingerprint density at radius 2 is 2.11 bits per heavy atom. The van der Waals surface area contributed by atoms with E-state index in [-0.39, 0.29) is 5.97 Å². The second-order valence-electron chi connectivity index (χ2n) is 5.68. The van der Waals surface area contributed by atoms with Crippen LogP contribution in [0.1, 0.15) is 69.4 Å². The van der Waals surface area contributed by atoms with Crippen LogP contribution >= 0.6 is 0 Å². The molecule has 2 aliphatic carbocycles. The van der Waals surface area contributed by atoms with Crippen molar-refractivity contribution in [3.8, 4) is 0 Å². The highest BCUT2D eigenvalue weighted by atomic mass is 16.5. The Kier molecular flexibility index (Phi) is 3.29. The van der Waals surface area contributed by atoms with Crippen LogP contribution in [-0.4, -0.2) is 27.8 Å². The van der Waals surface area contributed by atoms with Gasteiger partial charge in [0.25, 0.3) is 0 Å². The lowest BCUT2D eigenvalue weighted by molar-refractivity contribution is -0.154. The number of ether oxygens (including phenoxy) is 1. The molecule has 0 aliphatic heterocycles. The lowest BCUT2D eigenvalue weighted by Crippen LogP contribution is -2.44. The number of nitrogens with one attached hydrogen (secondary N) is 1. The largest absolute Gasteiger partial charge is 0.465 e. The summed E-state index contributed by atoms with van der Waals surface area (Å²) < 4.78 is 5.21. The minimum absolute atomic E-state index is 0.154. The summed E-state index contributed by atoms with van der Waals surface area (Å²) in [5, 5.41) is 7.37. The lowest BCUT2D eigenvalue weighted by Gasteiger charge is -2.36. The van der Waals surface area contributed by atoms with Crippen molar-refractivity contribution in [2.45, 2.75) is 63.2 Å². The molecule has 0 radical (unpaired) electrons. The standard InChI is InChI=1S/C14H21N3O2/c1-2-19-13(18)14(8-5-9-14)12-15-11(16-17-12)10-6-3-4-7-10/h10H,2-9H2,1H3,(H,15,16,17). The van der Waals surface area contributed by atoms with E-state index >= 15 is 0 Å². The van der Waals surface area contributed by atoms with E-state index in [9.17, 15) is 4.79 Å². The molecule has 0 atom stereocenters. The number of rotatable bonds is 4. The summed E-state index contributed by atoms with van der Waals surface area (Å²) in [6.45, 7) is 2.26. The van der Waals surface area contributed by atoms with Crippen LogP contribution in [0, 0.1) is 0 Å². The fraction of sp³-hybridized carbons (Fsp3) is 0.786. The van der Waals surface area contributed by atoms with E-state index in [1.807, 2.05) is 6.92 Å². The number of hydrogen-bond donors (Lipinski definition) is 1. The van der Waals surface area contributed by atoms with Crippen molar-refractivity contribution >= 4 is 5.97 Å². The average molecular weight is 263 g/mol. The van der Waals surface area contributed by atoms with Crippen molar-refractivity contribution in [2.75, 3.05) is 6.61 Å². The molecule has 0 saturated heterocycles. The Labute approximate surface area is 113 Å². The number of hydrogen-bond acceptors (Lipinski definition) is 4. The summed E-state index contributed by atoms with van der Waals surface area (Å²) in [4.78, 5) is 16.8. The van der Waals surface area contributed by atoms with Crippen molar-refractivity contribution < 1.29 is 9.53 Å². The number of aromatic nitrogens is 3. The van der Waals surface area contributed by atoms with Crippen LogP contribution < -0.4 is 0 Å². The molecule has 0 aromatic carbocycles. The first-order valence-electron chi connectivity index (χ1n) is 7.36. The SMILES string of the molecule is CCOC(=O)C1(c2n[nH]c(C3CCCC3)n2)CCC1. The molecule has 2 saturated carbocycles. The van der Waals surface area contributed by atoms with Gasteiger partial charge in [0.15, 0.2) is 5.82 Å². The highest BCUT2D eigenvalue weighted by molar-refractivity contribution is 5.83. The van der Waals surface area contributed by atoms with Crippen molar-refractivity contribution in [3.05, 3.63) is 11.6 Å². The van der Waals surface area contributed by atoms with Crippen LogP contribution in [0.4, 0.5) is 0 Å². The first-order valence-corrected chi connectivity index (χ1v) is 7.36. The molecule has 1 aromatic heterocycles. The van der Waals surface area contributed by atoms with E-state index in [4.69, 9.17) is 4.74 Å². The predicted molar refractivity (Wildman–Crippen MR) is 69.8 cm³/mol. The van der Waals surface area contributed by atoms with E-state index in [2.05, 4.69) is 15.2 Å². The minimum Gasteiger partial charge on any atom is -0.465 e. The molecule has 104 valence electrons. The molecule has 1 heterocycles. The summed E-state index contributed by atoms with van der Waals surface area (Å²) >= 11 is 0. The normalized spacial score (nSPS) is 22.2. The molecular weight excluding hydrogens is 242 g/mol. The van der Waals surface area contributed by atoms with Crippen LogP contribution in [-0.2, 0) is 14.9 Å². The van der Waals surface area contributed by atoms with Gasteiger partial charge < -0.3 is 4.74 Å². The summed E-state index contributed by atoms with van der Waals surface area (Å²) in [7, 11) is 0.